The van der Waals surface area contributed by atoms with Gasteiger partial charge in [0.05, 0.1) is 29.2 Å². The number of cyclic esters (lactones) is 1. The lowest BCUT2D eigenvalue weighted by atomic mass is 9.89. The number of benzene rings is 2. The van der Waals surface area contributed by atoms with Crippen molar-refractivity contribution in [3.63, 3.8) is 0 Å². The summed E-state index contributed by atoms with van der Waals surface area (Å²) in [4.78, 5) is 30.0. The largest absolute Gasteiger partial charge is 0.436 e. The Morgan fingerprint density at radius 2 is 1.77 bits per heavy atom. The highest BCUT2D eigenvalue weighted by Gasteiger charge is 2.46. The molecule has 5 rings (SSSR count). The zero-order valence-corrected chi connectivity index (χ0v) is 17.4. The number of amides is 1. The van der Waals surface area contributed by atoms with Gasteiger partial charge in [0, 0.05) is 12.1 Å². The van der Waals surface area contributed by atoms with Gasteiger partial charge in [0.1, 0.15) is 0 Å². The lowest BCUT2D eigenvalue weighted by molar-refractivity contribution is 0.0696. The van der Waals surface area contributed by atoms with E-state index in [4.69, 9.17) is 10.00 Å². The molecule has 2 fully saturated rings. The van der Waals surface area contributed by atoms with E-state index in [-0.39, 0.29) is 23.9 Å². The molecule has 7 heteroatoms. The van der Waals surface area contributed by atoms with Crippen LogP contribution in [0.25, 0.3) is 11.0 Å². The van der Waals surface area contributed by atoms with Crippen LogP contribution in [0, 0.1) is 11.3 Å². The summed E-state index contributed by atoms with van der Waals surface area (Å²) in [5, 5.41) is 9.09. The molecule has 7 nitrogen and oxygen atoms in total. The number of nitrogens with zero attached hydrogens (tertiary/aromatic N) is 3. The minimum Gasteiger partial charge on any atom is -0.436 e. The van der Waals surface area contributed by atoms with Crippen molar-refractivity contribution >= 4 is 17.1 Å². The Morgan fingerprint density at radius 1 is 1.06 bits per heavy atom. The van der Waals surface area contributed by atoms with Crippen LogP contribution >= 0.6 is 0 Å². The maximum atomic E-state index is 12.7. The zero-order valence-electron chi connectivity index (χ0n) is 17.4. The molecule has 0 bridgehead atoms. The van der Waals surface area contributed by atoms with Crippen LogP contribution in [0.3, 0.4) is 0 Å². The molecule has 0 unspecified atom stereocenters. The molecule has 1 aliphatic carbocycles. The predicted molar refractivity (Wildman–Crippen MR) is 116 cm³/mol. The summed E-state index contributed by atoms with van der Waals surface area (Å²) in [6.45, 7) is 2.50. The Morgan fingerprint density at radius 3 is 2.48 bits per heavy atom. The number of nitrogens with one attached hydrogen (secondary N) is 1. The normalized spacial score (nSPS) is 26.1. The molecule has 1 N–H and O–H groups in total. The molecule has 1 atom stereocenters. The van der Waals surface area contributed by atoms with Gasteiger partial charge in [-0.3, -0.25) is 4.57 Å². The minimum absolute atomic E-state index is 0.0737. The van der Waals surface area contributed by atoms with Crippen LogP contribution in [0.15, 0.2) is 53.3 Å². The molecule has 2 aliphatic rings. The number of aromatic amines is 1. The van der Waals surface area contributed by atoms with E-state index in [1.807, 2.05) is 52.8 Å². The van der Waals surface area contributed by atoms with E-state index >= 15 is 0 Å². The Bertz CT molecular complexity index is 1230. The first kappa shape index (κ1) is 19.4. The van der Waals surface area contributed by atoms with Crippen molar-refractivity contribution in [2.24, 2.45) is 0 Å². The molecule has 158 valence electrons. The number of fused-ring (bicyclic) bond motifs is 1. The van der Waals surface area contributed by atoms with E-state index in [9.17, 15) is 9.59 Å². The molecule has 2 heterocycles. The summed E-state index contributed by atoms with van der Waals surface area (Å²) in [7, 11) is 0. The molecule has 1 aromatic heterocycles. The molecule has 0 spiro atoms. The highest BCUT2D eigenvalue weighted by molar-refractivity contribution is 5.77. The number of rotatable bonds is 3. The van der Waals surface area contributed by atoms with Crippen molar-refractivity contribution < 1.29 is 9.53 Å². The number of carbonyl (C=O) groups excluding carboxylic acids is 1. The van der Waals surface area contributed by atoms with Crippen molar-refractivity contribution in [2.75, 3.05) is 6.54 Å². The third-order valence-corrected chi connectivity index (χ3v) is 6.72. The van der Waals surface area contributed by atoms with E-state index in [2.05, 4.69) is 11.1 Å². The van der Waals surface area contributed by atoms with Crippen molar-refractivity contribution in [1.82, 2.24) is 14.5 Å². The van der Waals surface area contributed by atoms with Crippen molar-refractivity contribution in [3.05, 3.63) is 70.1 Å². The summed E-state index contributed by atoms with van der Waals surface area (Å²) in [6, 6.07) is 17.4. The first-order chi connectivity index (χ1) is 15.0. The maximum absolute atomic E-state index is 12.7. The van der Waals surface area contributed by atoms with Crippen molar-refractivity contribution in [1.29, 1.82) is 5.26 Å². The molecular weight excluding hydrogens is 392 g/mol. The average molecular weight is 416 g/mol. The summed E-state index contributed by atoms with van der Waals surface area (Å²) in [5.41, 5.74) is 2.25. The Labute approximate surface area is 179 Å². The van der Waals surface area contributed by atoms with E-state index in [0.29, 0.717) is 17.6 Å². The zero-order chi connectivity index (χ0) is 21.6. The molecular formula is C24H24N4O3. The molecule has 3 aromatic rings. The fraction of sp³-hybridized carbons (Fsp3) is 0.375. The van der Waals surface area contributed by atoms with Crippen LogP contribution in [0.1, 0.15) is 49.8 Å². The summed E-state index contributed by atoms with van der Waals surface area (Å²) in [6.07, 6.45) is 3.00. The lowest BCUT2D eigenvalue weighted by Gasteiger charge is -2.34. The van der Waals surface area contributed by atoms with Gasteiger partial charge in [0.2, 0.25) is 0 Å². The predicted octanol–water partition coefficient (Wildman–Crippen LogP) is 4.05. The van der Waals surface area contributed by atoms with E-state index < -0.39 is 5.60 Å². The van der Waals surface area contributed by atoms with Crippen LogP contribution in [0.5, 0.6) is 0 Å². The summed E-state index contributed by atoms with van der Waals surface area (Å²) in [5.74, 6) is 0. The fourth-order valence-electron chi connectivity index (χ4n) is 5.08. The lowest BCUT2D eigenvalue weighted by Crippen LogP contribution is -2.41. The molecule has 0 radical (unpaired) electrons. The van der Waals surface area contributed by atoms with Crippen LogP contribution in [0.4, 0.5) is 4.79 Å². The number of carbonyl (C=O) groups is 1. The smallest absolute Gasteiger partial charge is 0.411 e. The van der Waals surface area contributed by atoms with E-state index in [0.717, 1.165) is 36.8 Å². The number of H-pyrrole nitrogens is 1. The first-order valence-electron chi connectivity index (χ1n) is 10.7. The second-order valence-electron chi connectivity index (χ2n) is 8.70. The summed E-state index contributed by atoms with van der Waals surface area (Å²) >= 11 is 0. The number of nitriles is 1. The third kappa shape index (κ3) is 3.28. The van der Waals surface area contributed by atoms with E-state index in [1.165, 1.54) is 0 Å². The number of ether oxygens (including phenoxy) is 1. The highest BCUT2D eigenvalue weighted by atomic mass is 16.6. The highest BCUT2D eigenvalue weighted by Crippen LogP contribution is 2.38. The summed E-state index contributed by atoms with van der Waals surface area (Å²) < 4.78 is 7.61. The standard InChI is InChI=1S/C24H24N4O3/c1-24(17-5-3-2-4-6-17)15-27(23(30)31-24)18-8-10-19(11-9-18)28-21-12-7-16(14-25)13-20(21)26-22(28)29/h2-7,12-13,18-19H,8-11,15H2,1H3,(H,26,29)/t18?,19?,24-/m0/s1. The SMILES string of the molecule is C[C@@]1(c2ccccc2)CN(C2CCC(n3c(=O)[nH]c4cc(C#N)ccc43)CC2)C(=O)O1. The molecule has 2 aromatic carbocycles. The molecule has 1 saturated heterocycles. The number of aromatic nitrogens is 2. The van der Waals surface area contributed by atoms with Gasteiger partial charge in [-0.2, -0.15) is 5.26 Å². The van der Waals surface area contributed by atoms with Gasteiger partial charge in [-0.05, 0) is 56.4 Å². The third-order valence-electron chi connectivity index (χ3n) is 6.72. The quantitative estimate of drug-likeness (QED) is 0.697. The molecule has 1 saturated carbocycles. The van der Waals surface area contributed by atoms with Crippen molar-refractivity contribution in [3.8, 4) is 6.07 Å². The number of imidazole rings is 1. The topological polar surface area (TPSA) is 91.1 Å². The van der Waals surface area contributed by atoms with Crippen LogP contribution < -0.4 is 5.69 Å². The Hall–Kier alpha value is -3.53. The second kappa shape index (κ2) is 7.31. The van der Waals surface area contributed by atoms with Gasteiger partial charge in [-0.15, -0.1) is 0 Å². The Kier molecular flexibility index (Phi) is 4.58. The monoisotopic (exact) mass is 416 g/mol. The van der Waals surface area contributed by atoms with Gasteiger partial charge < -0.3 is 14.6 Å². The van der Waals surface area contributed by atoms with Gasteiger partial charge >= 0.3 is 11.8 Å². The maximum Gasteiger partial charge on any atom is 0.411 e. The first-order valence-corrected chi connectivity index (χ1v) is 10.7. The number of hydrogen-bond acceptors (Lipinski definition) is 4. The molecule has 1 aliphatic heterocycles. The van der Waals surface area contributed by atoms with E-state index in [1.54, 1.807) is 12.1 Å². The van der Waals surface area contributed by atoms with Gasteiger partial charge in [-0.1, -0.05) is 30.3 Å². The molecule has 31 heavy (non-hydrogen) atoms. The Balaban J connectivity index is 1.32. The van der Waals surface area contributed by atoms with Gasteiger partial charge in [0.25, 0.3) is 0 Å². The van der Waals surface area contributed by atoms with Gasteiger partial charge in [0.15, 0.2) is 5.60 Å². The van der Waals surface area contributed by atoms with Crippen molar-refractivity contribution in [2.45, 2.75) is 50.3 Å². The minimum atomic E-state index is -0.637. The average Bonchev–Trinajstić information content (AvgIpc) is 3.29. The van der Waals surface area contributed by atoms with Gasteiger partial charge in [-0.25, -0.2) is 9.59 Å². The number of hydrogen-bond donors (Lipinski definition) is 1. The van der Waals surface area contributed by atoms with Crippen LogP contribution in [-0.2, 0) is 10.3 Å². The van der Waals surface area contributed by atoms with Crippen LogP contribution in [-0.4, -0.2) is 33.1 Å². The van der Waals surface area contributed by atoms with Crippen LogP contribution in [0.2, 0.25) is 0 Å². The second-order valence-corrected chi connectivity index (χ2v) is 8.70. The molecule has 1 amide bonds. The fourth-order valence-corrected chi connectivity index (χ4v) is 5.08.